The van der Waals surface area contributed by atoms with E-state index in [9.17, 15) is 18.0 Å². The molecule has 1 atom stereocenters. The number of halogens is 2. The highest BCUT2D eigenvalue weighted by atomic mass is 35.5. The average Bonchev–Trinajstić information content (AvgIpc) is 2.96. The first-order valence-corrected chi connectivity index (χ1v) is 15.6. The standard InChI is InChI=1S/C30H35Cl2N3O5S/c1-4-19-33-30(37)28(5-2)34(20-25-26(31)13-10-14-27(25)32)29(36)21-35(22-11-8-7-9-12-22)41(38,39)24-17-15-23(16-18-24)40-6-3/h7-18,28H,4-6,19-21H2,1-3H3,(H,33,37)/t28-/m1/s1. The first-order chi connectivity index (χ1) is 19.6. The van der Waals surface area contributed by atoms with E-state index >= 15 is 0 Å². The summed E-state index contributed by atoms with van der Waals surface area (Å²) in [6, 6.07) is 18.5. The van der Waals surface area contributed by atoms with E-state index < -0.39 is 28.5 Å². The van der Waals surface area contributed by atoms with Gasteiger partial charge in [0.2, 0.25) is 11.8 Å². The van der Waals surface area contributed by atoms with E-state index in [1.54, 1.807) is 67.6 Å². The number of benzene rings is 3. The van der Waals surface area contributed by atoms with Gasteiger partial charge in [-0.3, -0.25) is 13.9 Å². The molecule has 0 radical (unpaired) electrons. The highest BCUT2D eigenvalue weighted by molar-refractivity contribution is 7.92. The zero-order valence-corrected chi connectivity index (χ0v) is 25.7. The fraction of sp³-hybridized carbons (Fsp3) is 0.333. The first kappa shape index (κ1) is 32.2. The van der Waals surface area contributed by atoms with Crippen LogP contribution in [0.15, 0.2) is 77.7 Å². The number of para-hydroxylation sites is 1. The number of nitrogens with zero attached hydrogens (tertiary/aromatic N) is 2. The lowest BCUT2D eigenvalue weighted by Crippen LogP contribution is -2.52. The molecule has 220 valence electrons. The predicted molar refractivity (Wildman–Crippen MR) is 163 cm³/mol. The second-order valence-corrected chi connectivity index (χ2v) is 11.9. The van der Waals surface area contributed by atoms with Crippen molar-refractivity contribution < 1.29 is 22.7 Å². The van der Waals surface area contributed by atoms with Gasteiger partial charge in [-0.05, 0) is 68.3 Å². The van der Waals surface area contributed by atoms with Crippen molar-refractivity contribution in [3.63, 3.8) is 0 Å². The number of sulfonamides is 1. The lowest BCUT2D eigenvalue weighted by atomic mass is 10.1. The van der Waals surface area contributed by atoms with Gasteiger partial charge in [0.1, 0.15) is 18.3 Å². The van der Waals surface area contributed by atoms with Gasteiger partial charge in [-0.15, -0.1) is 0 Å². The molecule has 0 aliphatic heterocycles. The van der Waals surface area contributed by atoms with E-state index in [0.29, 0.717) is 53.0 Å². The molecule has 0 heterocycles. The Labute approximate surface area is 252 Å². The summed E-state index contributed by atoms with van der Waals surface area (Å²) < 4.78 is 34.4. The zero-order valence-electron chi connectivity index (χ0n) is 23.3. The fourth-order valence-electron chi connectivity index (χ4n) is 4.26. The molecule has 3 aromatic carbocycles. The number of amides is 2. The van der Waals surface area contributed by atoms with Crippen LogP contribution in [-0.2, 0) is 26.2 Å². The van der Waals surface area contributed by atoms with E-state index in [1.807, 2.05) is 13.8 Å². The Kier molecular flexibility index (Phi) is 11.9. The van der Waals surface area contributed by atoms with E-state index in [4.69, 9.17) is 27.9 Å². The number of rotatable bonds is 14. The second kappa shape index (κ2) is 15.1. The van der Waals surface area contributed by atoms with Crippen LogP contribution in [0.3, 0.4) is 0 Å². The summed E-state index contributed by atoms with van der Waals surface area (Å²) in [6.07, 6.45) is 1.01. The van der Waals surface area contributed by atoms with Crippen molar-refractivity contribution in [2.24, 2.45) is 0 Å². The maximum Gasteiger partial charge on any atom is 0.264 e. The Bertz CT molecular complexity index is 1400. The third-order valence-electron chi connectivity index (χ3n) is 6.37. The monoisotopic (exact) mass is 619 g/mol. The van der Waals surface area contributed by atoms with Gasteiger partial charge in [-0.2, -0.15) is 0 Å². The normalized spacial score (nSPS) is 11.9. The molecular formula is C30H35Cl2N3O5S. The topological polar surface area (TPSA) is 96.0 Å². The van der Waals surface area contributed by atoms with Crippen LogP contribution in [0.2, 0.25) is 10.0 Å². The summed E-state index contributed by atoms with van der Waals surface area (Å²) in [7, 11) is -4.19. The molecule has 3 aromatic rings. The minimum absolute atomic E-state index is 0.00830. The molecule has 41 heavy (non-hydrogen) atoms. The Balaban J connectivity index is 2.05. The molecule has 0 unspecified atom stereocenters. The lowest BCUT2D eigenvalue weighted by Gasteiger charge is -2.33. The number of carbonyl (C=O) groups excluding carboxylic acids is 2. The molecule has 2 amide bonds. The Morgan fingerprint density at radius 2 is 1.54 bits per heavy atom. The summed E-state index contributed by atoms with van der Waals surface area (Å²) in [5.74, 6) is -0.398. The van der Waals surface area contributed by atoms with Crippen molar-refractivity contribution in [2.75, 3.05) is 24.0 Å². The Hall–Kier alpha value is -3.27. The van der Waals surface area contributed by atoms with Crippen LogP contribution in [0.25, 0.3) is 0 Å². The van der Waals surface area contributed by atoms with Crippen LogP contribution in [0.4, 0.5) is 5.69 Å². The van der Waals surface area contributed by atoms with Crippen LogP contribution >= 0.6 is 23.2 Å². The van der Waals surface area contributed by atoms with Crippen molar-refractivity contribution in [1.82, 2.24) is 10.2 Å². The second-order valence-electron chi connectivity index (χ2n) is 9.19. The van der Waals surface area contributed by atoms with Crippen molar-refractivity contribution in [1.29, 1.82) is 0 Å². The summed E-state index contributed by atoms with van der Waals surface area (Å²) in [5, 5.41) is 3.52. The van der Waals surface area contributed by atoms with Crippen molar-refractivity contribution in [3.05, 3.63) is 88.4 Å². The molecule has 0 aliphatic rings. The van der Waals surface area contributed by atoms with Gasteiger partial charge in [0.25, 0.3) is 10.0 Å². The predicted octanol–water partition coefficient (Wildman–Crippen LogP) is 5.92. The lowest BCUT2D eigenvalue weighted by molar-refractivity contribution is -0.140. The largest absolute Gasteiger partial charge is 0.494 e. The van der Waals surface area contributed by atoms with Gasteiger partial charge < -0.3 is 15.0 Å². The fourth-order valence-corrected chi connectivity index (χ4v) is 6.20. The van der Waals surface area contributed by atoms with E-state index in [-0.39, 0.29) is 17.3 Å². The van der Waals surface area contributed by atoms with Gasteiger partial charge in [0, 0.05) is 28.7 Å². The van der Waals surface area contributed by atoms with Crippen LogP contribution < -0.4 is 14.4 Å². The molecule has 11 heteroatoms. The van der Waals surface area contributed by atoms with E-state index in [1.165, 1.54) is 17.0 Å². The molecule has 0 fully saturated rings. The summed E-state index contributed by atoms with van der Waals surface area (Å²) in [4.78, 5) is 28.6. The zero-order chi connectivity index (χ0) is 30.0. The highest BCUT2D eigenvalue weighted by Crippen LogP contribution is 2.29. The summed E-state index contributed by atoms with van der Waals surface area (Å²) in [5.41, 5.74) is 0.764. The third-order valence-corrected chi connectivity index (χ3v) is 8.87. The molecular weight excluding hydrogens is 585 g/mol. The number of anilines is 1. The van der Waals surface area contributed by atoms with Gasteiger partial charge in [0.15, 0.2) is 0 Å². The molecule has 0 aliphatic carbocycles. The SMILES string of the molecule is CCCNC(=O)[C@@H](CC)N(Cc1c(Cl)cccc1Cl)C(=O)CN(c1ccccc1)S(=O)(=O)c1ccc(OCC)cc1. The van der Waals surface area contributed by atoms with Crippen LogP contribution in [0.5, 0.6) is 5.75 Å². The minimum Gasteiger partial charge on any atom is -0.494 e. The van der Waals surface area contributed by atoms with Crippen molar-refractivity contribution >= 4 is 50.7 Å². The third kappa shape index (κ3) is 8.15. The molecule has 8 nitrogen and oxygen atoms in total. The number of nitrogens with one attached hydrogen (secondary N) is 1. The van der Waals surface area contributed by atoms with Crippen LogP contribution in [-0.4, -0.2) is 50.9 Å². The molecule has 0 spiro atoms. The number of ether oxygens (including phenoxy) is 1. The first-order valence-electron chi connectivity index (χ1n) is 13.4. The Morgan fingerprint density at radius 1 is 0.902 bits per heavy atom. The molecule has 0 saturated carbocycles. The average molecular weight is 621 g/mol. The van der Waals surface area contributed by atoms with E-state index in [2.05, 4.69) is 5.32 Å². The quantitative estimate of drug-likeness (QED) is 0.242. The number of hydrogen-bond donors (Lipinski definition) is 1. The van der Waals surface area contributed by atoms with Gasteiger partial charge in [0.05, 0.1) is 17.2 Å². The van der Waals surface area contributed by atoms with Gasteiger partial charge >= 0.3 is 0 Å². The van der Waals surface area contributed by atoms with Crippen LogP contribution in [0, 0.1) is 0 Å². The Morgan fingerprint density at radius 3 is 2.10 bits per heavy atom. The van der Waals surface area contributed by atoms with Crippen molar-refractivity contribution in [3.8, 4) is 5.75 Å². The molecule has 0 aromatic heterocycles. The van der Waals surface area contributed by atoms with Crippen molar-refractivity contribution in [2.45, 2.75) is 51.1 Å². The molecule has 0 bridgehead atoms. The number of hydrogen-bond acceptors (Lipinski definition) is 5. The number of carbonyl (C=O) groups is 2. The summed E-state index contributed by atoms with van der Waals surface area (Å²) >= 11 is 12.9. The van der Waals surface area contributed by atoms with Gasteiger partial charge in [-0.25, -0.2) is 8.42 Å². The smallest absolute Gasteiger partial charge is 0.264 e. The molecule has 1 N–H and O–H groups in total. The van der Waals surface area contributed by atoms with Gasteiger partial charge in [-0.1, -0.05) is 61.3 Å². The van der Waals surface area contributed by atoms with Crippen LogP contribution in [0.1, 0.15) is 39.2 Å². The maximum atomic E-state index is 14.1. The molecule has 0 saturated heterocycles. The van der Waals surface area contributed by atoms with E-state index in [0.717, 1.165) is 4.31 Å². The molecule has 3 rings (SSSR count). The highest BCUT2D eigenvalue weighted by Gasteiger charge is 2.34. The maximum absolute atomic E-state index is 14.1. The summed E-state index contributed by atoms with van der Waals surface area (Å²) in [6.45, 7) is 5.79. The minimum atomic E-state index is -4.19.